The van der Waals surface area contributed by atoms with Gasteiger partial charge >= 0.3 is 6.09 Å². The molecule has 1 aromatic heterocycles. The first-order valence-corrected chi connectivity index (χ1v) is 12.0. The van der Waals surface area contributed by atoms with Crippen molar-refractivity contribution in [1.29, 1.82) is 0 Å². The molecule has 7 nitrogen and oxygen atoms in total. The predicted molar refractivity (Wildman–Crippen MR) is 136 cm³/mol. The molecule has 0 spiro atoms. The first-order chi connectivity index (χ1) is 17.0. The molecule has 1 fully saturated rings. The molecule has 0 radical (unpaired) electrons. The second-order valence-corrected chi connectivity index (χ2v) is 9.06. The quantitative estimate of drug-likeness (QED) is 0.449. The van der Waals surface area contributed by atoms with Crippen molar-refractivity contribution in [2.24, 2.45) is 5.92 Å². The van der Waals surface area contributed by atoms with Gasteiger partial charge in [-0.25, -0.2) is 14.2 Å². The van der Waals surface area contributed by atoms with Crippen LogP contribution >= 0.6 is 0 Å². The SMILES string of the molecule is CCC1CN(C)CC[C@H]1OCc1ccc(CNc2ccc3c(NC(=O)OC)nccc3c2)c(F)c1. The van der Waals surface area contributed by atoms with Crippen LogP contribution in [0.4, 0.5) is 20.7 Å². The lowest BCUT2D eigenvalue weighted by Crippen LogP contribution is -2.42. The van der Waals surface area contributed by atoms with Crippen LogP contribution in [0.2, 0.25) is 0 Å². The summed E-state index contributed by atoms with van der Waals surface area (Å²) in [5, 5.41) is 7.56. The highest BCUT2D eigenvalue weighted by Crippen LogP contribution is 2.26. The average molecular weight is 481 g/mol. The van der Waals surface area contributed by atoms with Crippen LogP contribution in [0, 0.1) is 11.7 Å². The average Bonchev–Trinajstić information content (AvgIpc) is 2.87. The van der Waals surface area contributed by atoms with E-state index in [2.05, 4.69) is 39.2 Å². The lowest BCUT2D eigenvalue weighted by Gasteiger charge is -2.36. The molecule has 3 aromatic rings. The molecule has 35 heavy (non-hydrogen) atoms. The Morgan fingerprint density at radius 3 is 2.86 bits per heavy atom. The zero-order chi connectivity index (χ0) is 24.8. The first-order valence-electron chi connectivity index (χ1n) is 12.0. The van der Waals surface area contributed by atoms with Crippen LogP contribution in [-0.4, -0.2) is 49.3 Å². The third-order valence-corrected chi connectivity index (χ3v) is 6.63. The molecular weight excluding hydrogens is 447 g/mol. The Morgan fingerprint density at radius 1 is 1.23 bits per heavy atom. The van der Waals surface area contributed by atoms with Gasteiger partial charge in [-0.05, 0) is 67.1 Å². The number of halogens is 1. The van der Waals surface area contributed by atoms with Gasteiger partial charge in [0.2, 0.25) is 0 Å². The van der Waals surface area contributed by atoms with Gasteiger partial charge in [0.25, 0.3) is 0 Å². The largest absolute Gasteiger partial charge is 0.453 e. The van der Waals surface area contributed by atoms with Crippen LogP contribution in [0.5, 0.6) is 0 Å². The van der Waals surface area contributed by atoms with E-state index in [0.29, 0.717) is 30.5 Å². The van der Waals surface area contributed by atoms with Gasteiger partial charge in [0, 0.05) is 42.5 Å². The molecule has 1 aliphatic heterocycles. The highest BCUT2D eigenvalue weighted by atomic mass is 19.1. The van der Waals surface area contributed by atoms with Crippen molar-refractivity contribution in [3.8, 4) is 0 Å². The van der Waals surface area contributed by atoms with Gasteiger partial charge < -0.3 is 19.7 Å². The summed E-state index contributed by atoms with van der Waals surface area (Å²) in [4.78, 5) is 18.1. The minimum Gasteiger partial charge on any atom is -0.453 e. The summed E-state index contributed by atoms with van der Waals surface area (Å²) in [6, 6.07) is 12.8. The highest BCUT2D eigenvalue weighted by molar-refractivity contribution is 5.99. The highest BCUT2D eigenvalue weighted by Gasteiger charge is 2.27. The predicted octanol–water partition coefficient (Wildman–Crippen LogP) is 5.41. The van der Waals surface area contributed by atoms with Crippen molar-refractivity contribution in [3.05, 3.63) is 65.6 Å². The minimum atomic E-state index is -0.576. The number of aromatic nitrogens is 1. The number of amides is 1. The molecule has 1 saturated heterocycles. The number of rotatable bonds is 8. The summed E-state index contributed by atoms with van der Waals surface area (Å²) >= 11 is 0. The zero-order valence-electron chi connectivity index (χ0n) is 20.5. The molecule has 8 heteroatoms. The zero-order valence-corrected chi connectivity index (χ0v) is 20.5. The molecule has 2 atom stereocenters. The number of pyridine rings is 1. The second kappa shape index (κ2) is 11.5. The molecule has 0 aliphatic carbocycles. The molecule has 186 valence electrons. The number of carbonyl (C=O) groups excluding carboxylic acids is 1. The van der Waals surface area contributed by atoms with Crippen molar-refractivity contribution in [2.45, 2.75) is 39.0 Å². The maximum atomic E-state index is 14.8. The van der Waals surface area contributed by atoms with Crippen molar-refractivity contribution in [1.82, 2.24) is 9.88 Å². The van der Waals surface area contributed by atoms with E-state index in [1.807, 2.05) is 36.4 Å². The van der Waals surface area contributed by atoms with Crippen molar-refractivity contribution < 1.29 is 18.7 Å². The van der Waals surface area contributed by atoms with E-state index in [-0.39, 0.29) is 11.9 Å². The number of hydrogen-bond donors (Lipinski definition) is 2. The smallest absolute Gasteiger partial charge is 0.412 e. The fourth-order valence-corrected chi connectivity index (χ4v) is 4.56. The van der Waals surface area contributed by atoms with E-state index in [9.17, 15) is 9.18 Å². The Balaban J connectivity index is 1.36. The fraction of sp³-hybridized carbons (Fsp3) is 0.407. The van der Waals surface area contributed by atoms with E-state index in [1.54, 1.807) is 12.3 Å². The normalized spacial score (nSPS) is 18.4. The summed E-state index contributed by atoms with van der Waals surface area (Å²) in [6.07, 6.45) is 3.37. The third-order valence-electron chi connectivity index (χ3n) is 6.63. The molecular formula is C27H33FN4O3. The van der Waals surface area contributed by atoms with Gasteiger partial charge in [0.1, 0.15) is 11.6 Å². The van der Waals surface area contributed by atoms with Gasteiger partial charge in [-0.2, -0.15) is 0 Å². The molecule has 0 saturated carbocycles. The number of ether oxygens (including phenoxy) is 2. The van der Waals surface area contributed by atoms with Crippen molar-refractivity contribution >= 4 is 28.4 Å². The molecule has 0 bridgehead atoms. The number of anilines is 2. The van der Waals surface area contributed by atoms with Gasteiger partial charge in [0.05, 0.1) is 19.8 Å². The molecule has 1 unspecified atom stereocenters. The first kappa shape index (κ1) is 24.9. The number of hydrogen-bond acceptors (Lipinski definition) is 6. The summed E-state index contributed by atoms with van der Waals surface area (Å²) in [7, 11) is 3.45. The number of likely N-dealkylation sites (tertiary alicyclic amines) is 1. The number of benzene rings is 2. The monoisotopic (exact) mass is 480 g/mol. The molecule has 2 heterocycles. The van der Waals surface area contributed by atoms with Gasteiger partial charge in [-0.1, -0.05) is 19.1 Å². The van der Waals surface area contributed by atoms with Crippen LogP contribution in [0.1, 0.15) is 30.9 Å². The minimum absolute atomic E-state index is 0.229. The Labute approximate surface area is 205 Å². The van der Waals surface area contributed by atoms with Crippen LogP contribution in [0.15, 0.2) is 48.7 Å². The molecule has 2 aromatic carbocycles. The maximum Gasteiger partial charge on any atom is 0.412 e. The molecule has 2 N–H and O–H groups in total. The Morgan fingerprint density at radius 2 is 2.09 bits per heavy atom. The molecule has 1 amide bonds. The number of piperidine rings is 1. The van der Waals surface area contributed by atoms with Crippen LogP contribution in [0.25, 0.3) is 10.8 Å². The van der Waals surface area contributed by atoms with E-state index in [4.69, 9.17) is 4.74 Å². The lowest BCUT2D eigenvalue weighted by molar-refractivity contribution is -0.0386. The van der Waals surface area contributed by atoms with Crippen LogP contribution in [-0.2, 0) is 22.6 Å². The van der Waals surface area contributed by atoms with E-state index >= 15 is 0 Å². The third kappa shape index (κ3) is 6.26. The maximum absolute atomic E-state index is 14.8. The Kier molecular flexibility index (Phi) is 8.15. The van der Waals surface area contributed by atoms with Crippen molar-refractivity contribution in [3.63, 3.8) is 0 Å². The number of carbonyl (C=O) groups is 1. The van der Waals surface area contributed by atoms with Gasteiger partial charge in [-0.15, -0.1) is 0 Å². The van der Waals surface area contributed by atoms with E-state index in [1.165, 1.54) is 7.11 Å². The number of fused-ring (bicyclic) bond motifs is 1. The number of methoxy groups -OCH3 is 1. The van der Waals surface area contributed by atoms with Gasteiger partial charge in [-0.3, -0.25) is 5.32 Å². The molecule has 1 aliphatic rings. The molecule has 4 rings (SSSR count). The Bertz CT molecular complexity index is 1170. The number of nitrogens with zero attached hydrogens (tertiary/aromatic N) is 2. The second-order valence-electron chi connectivity index (χ2n) is 9.06. The topological polar surface area (TPSA) is 75.7 Å². The number of nitrogens with one attached hydrogen (secondary N) is 2. The Hall–Kier alpha value is -3.23. The van der Waals surface area contributed by atoms with Crippen molar-refractivity contribution in [2.75, 3.05) is 37.9 Å². The van der Waals surface area contributed by atoms with Crippen LogP contribution in [0.3, 0.4) is 0 Å². The van der Waals surface area contributed by atoms with E-state index < -0.39 is 6.09 Å². The summed E-state index contributed by atoms with van der Waals surface area (Å²) in [5.74, 6) is 0.700. The summed E-state index contributed by atoms with van der Waals surface area (Å²) in [5.41, 5.74) is 2.28. The van der Waals surface area contributed by atoms with Crippen LogP contribution < -0.4 is 10.6 Å². The summed E-state index contributed by atoms with van der Waals surface area (Å²) < 4.78 is 25.6. The summed E-state index contributed by atoms with van der Waals surface area (Å²) in [6.45, 7) is 5.06. The lowest BCUT2D eigenvalue weighted by atomic mass is 9.92. The fourth-order valence-electron chi connectivity index (χ4n) is 4.56. The van der Waals surface area contributed by atoms with Gasteiger partial charge in [0.15, 0.2) is 0 Å². The van der Waals surface area contributed by atoms with E-state index in [0.717, 1.165) is 48.0 Å². The standard InChI is InChI=1S/C27H33FN4O3/c1-4-19-16-32(2)12-10-25(19)35-17-18-5-6-21(24(28)13-18)15-30-22-7-8-23-20(14-22)9-11-29-26(23)31-27(33)34-3/h5-9,11,13-14,19,25,30H,4,10,12,15-17H2,1-3H3,(H,29,31,33)/t19?,25-/m1/s1.